The van der Waals surface area contributed by atoms with Gasteiger partial charge in [0.15, 0.2) is 0 Å². The third kappa shape index (κ3) is 4.30. The average molecular weight is 246 g/mol. The van der Waals surface area contributed by atoms with E-state index in [2.05, 4.69) is 10.3 Å². The second-order valence-electron chi connectivity index (χ2n) is 3.56. The number of hydrogen-bond acceptors (Lipinski definition) is 4. The maximum atomic E-state index is 11.3. The first-order valence-electron chi connectivity index (χ1n) is 5.08. The first kappa shape index (κ1) is 13.2. The Labute approximate surface area is 99.4 Å². The Bertz CT molecular complexity index is 381. The number of hydrogen-bond donors (Lipinski definition) is 1. The van der Waals surface area contributed by atoms with Gasteiger partial charge in [0.05, 0.1) is 17.8 Å². The van der Waals surface area contributed by atoms with Gasteiger partial charge in [-0.2, -0.15) is 0 Å². The fourth-order valence-corrected chi connectivity index (χ4v) is 1.50. The summed E-state index contributed by atoms with van der Waals surface area (Å²) < 4.78 is 6.47. The van der Waals surface area contributed by atoms with Crippen LogP contribution in [0.15, 0.2) is 17.2 Å². The minimum atomic E-state index is -0.286. The molecule has 6 heteroatoms. The van der Waals surface area contributed by atoms with Crippen molar-refractivity contribution < 1.29 is 4.74 Å². The van der Waals surface area contributed by atoms with E-state index in [0.717, 1.165) is 0 Å². The van der Waals surface area contributed by atoms with Crippen LogP contribution in [0.3, 0.4) is 0 Å². The summed E-state index contributed by atoms with van der Waals surface area (Å²) in [5, 5.41) is 3.69. The third-order valence-corrected chi connectivity index (χ3v) is 2.28. The van der Waals surface area contributed by atoms with Crippen LogP contribution < -0.4 is 11.0 Å². The molecular weight excluding hydrogens is 230 g/mol. The number of halogens is 1. The van der Waals surface area contributed by atoms with Gasteiger partial charge in [0.1, 0.15) is 0 Å². The van der Waals surface area contributed by atoms with Gasteiger partial charge in [-0.1, -0.05) is 11.6 Å². The molecule has 0 saturated carbocycles. The maximum Gasteiger partial charge on any atom is 0.347 e. The van der Waals surface area contributed by atoms with Crippen LogP contribution in [-0.2, 0) is 11.3 Å². The molecule has 1 rings (SSSR count). The van der Waals surface area contributed by atoms with Crippen LogP contribution in [0.2, 0.25) is 5.02 Å². The van der Waals surface area contributed by atoms with Gasteiger partial charge >= 0.3 is 5.69 Å². The zero-order valence-electron chi connectivity index (χ0n) is 9.44. The number of nitrogens with one attached hydrogen (secondary N) is 1. The Morgan fingerprint density at radius 2 is 2.44 bits per heavy atom. The number of aromatic nitrogens is 2. The predicted molar refractivity (Wildman–Crippen MR) is 62.8 cm³/mol. The van der Waals surface area contributed by atoms with E-state index in [0.29, 0.717) is 24.7 Å². The summed E-state index contributed by atoms with van der Waals surface area (Å²) in [4.78, 5) is 14.9. The van der Waals surface area contributed by atoms with E-state index < -0.39 is 0 Å². The van der Waals surface area contributed by atoms with Crippen molar-refractivity contribution in [2.75, 3.05) is 20.3 Å². The zero-order valence-corrected chi connectivity index (χ0v) is 10.2. The van der Waals surface area contributed by atoms with Crippen molar-refractivity contribution in [1.82, 2.24) is 14.9 Å². The van der Waals surface area contributed by atoms with Crippen LogP contribution in [0.4, 0.5) is 0 Å². The van der Waals surface area contributed by atoms with Gasteiger partial charge in [0.25, 0.3) is 0 Å². The van der Waals surface area contributed by atoms with Gasteiger partial charge in [-0.15, -0.1) is 0 Å². The van der Waals surface area contributed by atoms with Crippen molar-refractivity contribution >= 4 is 11.6 Å². The van der Waals surface area contributed by atoms with Crippen molar-refractivity contribution in [1.29, 1.82) is 0 Å². The summed E-state index contributed by atoms with van der Waals surface area (Å²) in [5.74, 6) is 0. The largest absolute Gasteiger partial charge is 0.383 e. The summed E-state index contributed by atoms with van der Waals surface area (Å²) in [6.07, 6.45) is 2.93. The lowest BCUT2D eigenvalue weighted by molar-refractivity contribution is 0.172. The molecule has 0 amide bonds. The molecule has 0 fully saturated rings. The second kappa shape index (κ2) is 6.62. The molecule has 0 spiro atoms. The fourth-order valence-electron chi connectivity index (χ4n) is 1.33. The van der Waals surface area contributed by atoms with Gasteiger partial charge in [-0.25, -0.2) is 9.78 Å². The molecule has 0 bridgehead atoms. The highest BCUT2D eigenvalue weighted by molar-refractivity contribution is 6.30. The smallest absolute Gasteiger partial charge is 0.347 e. The molecule has 1 unspecified atom stereocenters. The Morgan fingerprint density at radius 3 is 3.12 bits per heavy atom. The van der Waals surface area contributed by atoms with E-state index in [4.69, 9.17) is 16.3 Å². The third-order valence-electron chi connectivity index (χ3n) is 2.09. The molecule has 1 aromatic heterocycles. The van der Waals surface area contributed by atoms with E-state index in [1.165, 1.54) is 10.8 Å². The first-order valence-corrected chi connectivity index (χ1v) is 5.45. The normalized spacial score (nSPS) is 12.7. The minimum Gasteiger partial charge on any atom is -0.383 e. The average Bonchev–Trinajstić information content (AvgIpc) is 2.23. The van der Waals surface area contributed by atoms with E-state index in [-0.39, 0.29) is 11.7 Å². The number of methoxy groups -OCH3 is 1. The van der Waals surface area contributed by atoms with E-state index >= 15 is 0 Å². The Kier molecular flexibility index (Phi) is 5.45. The molecule has 0 aliphatic heterocycles. The Morgan fingerprint density at radius 1 is 1.69 bits per heavy atom. The number of ether oxygens (including phenoxy) is 1. The van der Waals surface area contributed by atoms with Gasteiger partial charge in [0, 0.05) is 32.4 Å². The van der Waals surface area contributed by atoms with Crippen molar-refractivity contribution in [3.63, 3.8) is 0 Å². The van der Waals surface area contributed by atoms with Gasteiger partial charge in [-0.3, -0.25) is 4.57 Å². The SMILES string of the molecule is COCC(C)NCCn1cc(Cl)cnc1=O. The molecule has 0 radical (unpaired) electrons. The summed E-state index contributed by atoms with van der Waals surface area (Å²) in [6.45, 7) is 3.87. The molecule has 0 aliphatic carbocycles. The summed E-state index contributed by atoms with van der Waals surface area (Å²) in [6, 6.07) is 0.257. The molecule has 5 nitrogen and oxygen atoms in total. The molecule has 90 valence electrons. The van der Waals surface area contributed by atoms with Crippen molar-refractivity contribution in [2.24, 2.45) is 0 Å². The van der Waals surface area contributed by atoms with Crippen molar-refractivity contribution in [3.05, 3.63) is 27.9 Å². The predicted octanol–water partition coefficient (Wildman–Crippen LogP) is 0.521. The quantitative estimate of drug-likeness (QED) is 0.794. The first-order chi connectivity index (χ1) is 7.63. The molecule has 0 saturated heterocycles. The van der Waals surface area contributed by atoms with Crippen LogP contribution in [0.25, 0.3) is 0 Å². The number of rotatable bonds is 6. The van der Waals surface area contributed by atoms with E-state index in [1.807, 2.05) is 6.92 Å². The highest BCUT2D eigenvalue weighted by atomic mass is 35.5. The standard InChI is InChI=1S/C10H16ClN3O2/c1-8(7-16-2)12-3-4-14-6-9(11)5-13-10(14)15/h5-6,8,12H,3-4,7H2,1-2H3. The van der Waals surface area contributed by atoms with Crippen molar-refractivity contribution in [2.45, 2.75) is 19.5 Å². The van der Waals surface area contributed by atoms with Crippen LogP contribution >= 0.6 is 11.6 Å². The Balaban J connectivity index is 2.43. The molecular formula is C10H16ClN3O2. The minimum absolute atomic E-state index is 0.257. The Hall–Kier alpha value is -0.910. The maximum absolute atomic E-state index is 11.3. The molecule has 0 aromatic carbocycles. The summed E-state index contributed by atoms with van der Waals surface area (Å²) in [7, 11) is 1.66. The van der Waals surface area contributed by atoms with Gasteiger partial charge < -0.3 is 10.1 Å². The van der Waals surface area contributed by atoms with Crippen LogP contribution in [0.1, 0.15) is 6.92 Å². The summed E-state index contributed by atoms with van der Waals surface area (Å²) in [5.41, 5.74) is -0.286. The lowest BCUT2D eigenvalue weighted by atomic mass is 10.3. The fraction of sp³-hybridized carbons (Fsp3) is 0.600. The monoisotopic (exact) mass is 245 g/mol. The second-order valence-corrected chi connectivity index (χ2v) is 4.00. The number of nitrogens with zero attached hydrogens (tertiary/aromatic N) is 2. The van der Waals surface area contributed by atoms with E-state index in [9.17, 15) is 4.79 Å². The van der Waals surface area contributed by atoms with Crippen LogP contribution in [0, 0.1) is 0 Å². The zero-order chi connectivity index (χ0) is 12.0. The molecule has 16 heavy (non-hydrogen) atoms. The molecule has 1 N–H and O–H groups in total. The molecule has 1 atom stereocenters. The van der Waals surface area contributed by atoms with Crippen LogP contribution in [0.5, 0.6) is 0 Å². The highest BCUT2D eigenvalue weighted by Crippen LogP contribution is 2.00. The molecule has 0 aliphatic rings. The van der Waals surface area contributed by atoms with Gasteiger partial charge in [-0.05, 0) is 6.92 Å². The highest BCUT2D eigenvalue weighted by Gasteiger charge is 2.01. The van der Waals surface area contributed by atoms with E-state index in [1.54, 1.807) is 13.3 Å². The molecule has 1 aromatic rings. The van der Waals surface area contributed by atoms with Crippen molar-refractivity contribution in [3.8, 4) is 0 Å². The summed E-state index contributed by atoms with van der Waals surface area (Å²) >= 11 is 5.75. The lowest BCUT2D eigenvalue weighted by Crippen LogP contribution is -2.35. The topological polar surface area (TPSA) is 56.1 Å². The van der Waals surface area contributed by atoms with Gasteiger partial charge in [0.2, 0.25) is 0 Å². The lowest BCUT2D eigenvalue weighted by Gasteiger charge is -2.13. The van der Waals surface area contributed by atoms with Crippen LogP contribution in [-0.4, -0.2) is 35.9 Å². The molecule has 1 heterocycles.